The normalized spacial score (nSPS) is 0. The number of hydrogen-bond donors (Lipinski definition) is 0. The summed E-state index contributed by atoms with van der Waals surface area (Å²) < 4.78 is 0. The Morgan fingerprint density at radius 2 is 0.875 bits per heavy atom. The molecule has 0 aromatic carbocycles. The standard InChI is InChI=1S/Cd.Ga.Ge.In.2O.Sn.Zn/q;;;;2*-2;+4;. The van der Waals surface area contributed by atoms with Crippen LogP contribution < -0.4 is 0 Å². The summed E-state index contributed by atoms with van der Waals surface area (Å²) in [5.41, 5.74) is 0. The molecule has 0 spiro atoms. The fraction of sp³-hybridized carbons (Fsp3) is 0. The van der Waals surface area contributed by atoms with Gasteiger partial charge in [0.25, 0.3) is 0 Å². The topological polar surface area (TPSA) is 57.0 Å². The van der Waals surface area contributed by atoms with E-state index in [2.05, 4.69) is 0 Å². The molecule has 0 aromatic rings. The van der Waals surface area contributed by atoms with Crippen LogP contribution in [-0.4, -0.2) is 87.1 Å². The third-order valence-corrected chi connectivity index (χ3v) is 0. The van der Waals surface area contributed by atoms with E-state index in [9.17, 15) is 0 Å². The molecular formula is CdGaGeInO2SnZn. The Kier molecular flexibility index (Phi) is 685. The molecule has 0 fully saturated rings. The molecule has 0 N–H and O–H groups in total. The average Bonchev–Trinajstić information content (AvgIpc) is 0. The van der Waals surface area contributed by atoms with Gasteiger partial charge in [0.05, 0.1) is 0 Å². The van der Waals surface area contributed by atoms with E-state index in [0.29, 0.717) is 0 Å². The van der Waals surface area contributed by atoms with Crippen LogP contribution >= 0.6 is 0 Å². The van der Waals surface area contributed by atoms with Crippen molar-refractivity contribution < 1.29 is 57.7 Å². The van der Waals surface area contributed by atoms with Gasteiger partial charge in [-0.3, -0.25) is 0 Å². The summed E-state index contributed by atoms with van der Waals surface area (Å²) >= 11 is 0. The van der Waals surface area contributed by atoms with E-state index in [1.807, 2.05) is 0 Å². The van der Waals surface area contributed by atoms with Crippen LogP contribution in [-0.2, 0) is 57.7 Å². The predicted octanol–water partition coefficient (Wildman–Crippen LogP) is -1.77. The third kappa shape index (κ3) is 48.1. The Morgan fingerprint density at radius 3 is 0.875 bits per heavy atom. The number of rotatable bonds is 0. The molecule has 0 aromatic heterocycles. The molecule has 0 saturated carbocycles. The summed E-state index contributed by atoms with van der Waals surface area (Å²) in [4.78, 5) is 0. The second-order valence-corrected chi connectivity index (χ2v) is 0. The summed E-state index contributed by atoms with van der Waals surface area (Å²) in [6.45, 7) is 0. The first-order chi connectivity index (χ1) is 0. The van der Waals surface area contributed by atoms with Crippen molar-refractivity contribution in [3.05, 3.63) is 0 Å². The van der Waals surface area contributed by atoms with E-state index in [-0.39, 0.29) is 145 Å². The summed E-state index contributed by atoms with van der Waals surface area (Å²) in [6.07, 6.45) is 0. The Morgan fingerprint density at radius 1 is 0.875 bits per heavy atom. The molecule has 0 rings (SSSR count). The van der Waals surface area contributed by atoms with Gasteiger partial charge in [-0.1, -0.05) is 0 Å². The first kappa shape index (κ1) is 84.7. The van der Waals surface area contributed by atoms with E-state index in [1.54, 1.807) is 0 Å². The Bertz CT molecular complexity index is 22.0. The van der Waals surface area contributed by atoms with Crippen molar-refractivity contribution >= 4 is 87.1 Å². The minimum atomic E-state index is 0. The summed E-state index contributed by atoms with van der Waals surface area (Å²) in [5.74, 6) is 0. The van der Waals surface area contributed by atoms with Gasteiger partial charge in [0.1, 0.15) is 0 Å². The fourth-order valence-electron chi connectivity index (χ4n) is 0. The zero-order valence-electron chi connectivity index (χ0n) is 4.39. The summed E-state index contributed by atoms with van der Waals surface area (Å²) in [5, 5.41) is 0. The van der Waals surface area contributed by atoms with E-state index < -0.39 is 0 Å². The third-order valence-electron chi connectivity index (χ3n) is 0. The molecule has 0 aliphatic carbocycles. The smallest absolute Gasteiger partial charge is 2.00 e. The van der Waals surface area contributed by atoms with Crippen LogP contribution in [0.3, 0.4) is 0 Å². The van der Waals surface area contributed by atoms with Crippen molar-refractivity contribution in [3.63, 3.8) is 0 Å². The minimum absolute atomic E-state index is 0. The van der Waals surface area contributed by atoms with Gasteiger partial charge >= 0.3 is 23.9 Å². The molecule has 8 heteroatoms. The van der Waals surface area contributed by atoms with Gasteiger partial charge in [-0.2, -0.15) is 0 Å². The Labute approximate surface area is 142 Å². The van der Waals surface area contributed by atoms with Gasteiger partial charge in [0.15, 0.2) is 0 Å². The monoisotopic (exact) mass is 587 g/mol. The molecule has 0 unspecified atom stereocenters. The quantitative estimate of drug-likeness (QED) is 0.303. The Balaban J connectivity index is 0. The fourth-order valence-corrected chi connectivity index (χ4v) is 0. The molecule has 0 saturated heterocycles. The molecule has 0 aliphatic heterocycles. The van der Waals surface area contributed by atoms with Crippen molar-refractivity contribution in [3.8, 4) is 0 Å². The first-order valence-corrected chi connectivity index (χ1v) is 0. The molecule has 0 bridgehead atoms. The SMILES string of the molecule is [Cd].[Ga].[Ge].[In].[O-2].[O-2].[Sn+4].[Zn]. The zero-order valence-corrected chi connectivity index (χ0v) is 22.1. The van der Waals surface area contributed by atoms with E-state index in [0.717, 1.165) is 0 Å². The van der Waals surface area contributed by atoms with Crippen LogP contribution in [0.15, 0.2) is 0 Å². The maximum Gasteiger partial charge on any atom is 4.00 e. The molecule has 0 atom stereocenters. The van der Waals surface area contributed by atoms with Crippen molar-refractivity contribution in [2.24, 2.45) is 0 Å². The largest absolute Gasteiger partial charge is 4.00 e. The molecule has 8 heavy (non-hydrogen) atoms. The van der Waals surface area contributed by atoms with E-state index in [1.165, 1.54) is 0 Å². The molecule has 0 heterocycles. The molecular weight excluding hydrogens is 586 g/mol. The predicted molar refractivity (Wildman–Crippen MR) is 24.4 cm³/mol. The van der Waals surface area contributed by atoms with Gasteiger partial charge in [0, 0.05) is 110 Å². The molecule has 30 valence electrons. The molecule has 2 nitrogen and oxygen atoms in total. The van der Waals surface area contributed by atoms with Crippen LogP contribution in [0.4, 0.5) is 0 Å². The molecule has 0 aliphatic rings. The van der Waals surface area contributed by atoms with E-state index in [4.69, 9.17) is 0 Å². The van der Waals surface area contributed by atoms with Gasteiger partial charge in [-0.15, -0.1) is 0 Å². The van der Waals surface area contributed by atoms with Gasteiger partial charge in [-0.05, 0) is 0 Å². The van der Waals surface area contributed by atoms with Crippen molar-refractivity contribution in [1.29, 1.82) is 0 Å². The Hall–Kier alpha value is 4.31. The van der Waals surface area contributed by atoms with Crippen LogP contribution in [0.5, 0.6) is 0 Å². The zero-order chi connectivity index (χ0) is 0. The number of hydrogen-bond acceptors (Lipinski definition) is 0. The van der Waals surface area contributed by atoms with Crippen LogP contribution in [0.25, 0.3) is 0 Å². The van der Waals surface area contributed by atoms with Gasteiger partial charge in [-0.25, -0.2) is 0 Å². The van der Waals surface area contributed by atoms with Crippen LogP contribution in [0.2, 0.25) is 0 Å². The summed E-state index contributed by atoms with van der Waals surface area (Å²) in [6, 6.07) is 0. The average molecular weight is 586 g/mol. The second kappa shape index (κ2) is 64.7. The second-order valence-electron chi connectivity index (χ2n) is 0. The first-order valence-electron chi connectivity index (χ1n) is 0. The summed E-state index contributed by atoms with van der Waals surface area (Å²) in [7, 11) is 0. The minimum Gasteiger partial charge on any atom is -2.00 e. The maximum atomic E-state index is 0. The molecule has 0 amide bonds. The van der Waals surface area contributed by atoms with Crippen LogP contribution in [0.1, 0.15) is 0 Å². The van der Waals surface area contributed by atoms with Crippen molar-refractivity contribution in [1.82, 2.24) is 0 Å². The van der Waals surface area contributed by atoms with Gasteiger partial charge < -0.3 is 11.0 Å². The van der Waals surface area contributed by atoms with E-state index >= 15 is 0 Å². The molecule has 10 radical (unpaired) electrons. The van der Waals surface area contributed by atoms with Crippen molar-refractivity contribution in [2.45, 2.75) is 0 Å². The van der Waals surface area contributed by atoms with Crippen molar-refractivity contribution in [2.75, 3.05) is 0 Å². The maximum absolute atomic E-state index is 0. The van der Waals surface area contributed by atoms with Gasteiger partial charge in [0.2, 0.25) is 0 Å². The van der Waals surface area contributed by atoms with Crippen LogP contribution in [0, 0.1) is 0 Å².